The Balaban J connectivity index is 2.98. The quantitative estimate of drug-likeness (QED) is 0.643. The zero-order valence-electron chi connectivity index (χ0n) is 10.9. The van der Waals surface area contributed by atoms with Gasteiger partial charge in [0.05, 0.1) is 17.2 Å². The lowest BCUT2D eigenvalue weighted by atomic mass is 10.2. The minimum atomic E-state index is -4.14. The molecule has 8 heteroatoms. The van der Waals surface area contributed by atoms with E-state index in [4.69, 9.17) is 21.5 Å². The van der Waals surface area contributed by atoms with Crippen LogP contribution >= 0.6 is 11.6 Å². The smallest absolute Gasteiger partial charge is 0.341 e. The van der Waals surface area contributed by atoms with E-state index in [1.807, 2.05) is 6.92 Å². The Bertz CT molecular complexity index is 604. The van der Waals surface area contributed by atoms with Crippen molar-refractivity contribution in [2.45, 2.75) is 31.1 Å². The van der Waals surface area contributed by atoms with Crippen molar-refractivity contribution in [1.82, 2.24) is 0 Å². The fourth-order valence-electron chi connectivity index (χ4n) is 1.50. The Morgan fingerprint density at radius 3 is 2.60 bits per heavy atom. The van der Waals surface area contributed by atoms with Gasteiger partial charge < -0.3 is 4.74 Å². The van der Waals surface area contributed by atoms with Gasteiger partial charge in [0.2, 0.25) is 10.0 Å². The topological polar surface area (TPSA) is 86.5 Å². The molecule has 1 aromatic rings. The Hall–Kier alpha value is -1.18. The van der Waals surface area contributed by atoms with E-state index in [-0.39, 0.29) is 11.6 Å². The van der Waals surface area contributed by atoms with Crippen molar-refractivity contribution < 1.29 is 22.3 Å². The summed E-state index contributed by atoms with van der Waals surface area (Å²) in [5.41, 5.74) is -0.505. The van der Waals surface area contributed by atoms with Crippen molar-refractivity contribution in [3.8, 4) is 0 Å². The van der Waals surface area contributed by atoms with E-state index in [1.165, 1.54) is 0 Å². The van der Waals surface area contributed by atoms with Gasteiger partial charge in [-0.2, -0.15) is 0 Å². The Labute approximate surface area is 121 Å². The largest absolute Gasteiger partial charge is 0.462 e. The number of hydrogen-bond acceptors (Lipinski definition) is 4. The molecule has 20 heavy (non-hydrogen) atoms. The maximum atomic E-state index is 13.6. The maximum absolute atomic E-state index is 13.6. The fourth-order valence-corrected chi connectivity index (χ4v) is 2.58. The second-order valence-corrected chi connectivity index (χ2v) is 6.09. The normalized spacial score (nSPS) is 11.4. The van der Waals surface area contributed by atoms with Gasteiger partial charge in [-0.1, -0.05) is 31.4 Å². The number of unbranched alkanes of at least 4 members (excludes halogenated alkanes) is 2. The minimum absolute atomic E-state index is 0.138. The Morgan fingerprint density at radius 1 is 1.40 bits per heavy atom. The number of halogens is 2. The van der Waals surface area contributed by atoms with Gasteiger partial charge in [0.1, 0.15) is 10.7 Å². The van der Waals surface area contributed by atoms with Crippen LogP contribution in [-0.4, -0.2) is 21.0 Å². The zero-order valence-corrected chi connectivity index (χ0v) is 12.4. The molecule has 0 heterocycles. The van der Waals surface area contributed by atoms with Crippen LogP contribution in [0.3, 0.4) is 0 Å². The Kier molecular flexibility index (Phi) is 5.91. The third-order valence-electron chi connectivity index (χ3n) is 2.53. The second kappa shape index (κ2) is 7.01. The van der Waals surface area contributed by atoms with Crippen LogP contribution in [0, 0.1) is 5.82 Å². The van der Waals surface area contributed by atoms with E-state index < -0.39 is 32.3 Å². The first-order valence-electron chi connectivity index (χ1n) is 5.96. The van der Waals surface area contributed by atoms with Crippen LogP contribution in [0.5, 0.6) is 0 Å². The molecule has 0 aromatic heterocycles. The summed E-state index contributed by atoms with van der Waals surface area (Å²) in [6.45, 7) is 2.12. The highest BCUT2D eigenvalue weighted by atomic mass is 35.5. The number of ether oxygens (including phenoxy) is 1. The van der Waals surface area contributed by atoms with Crippen LogP contribution in [0.15, 0.2) is 17.0 Å². The predicted octanol–water partition coefficient (Wildman–Crippen LogP) is 2.47. The molecule has 112 valence electrons. The minimum Gasteiger partial charge on any atom is -0.462 e. The molecule has 0 saturated carbocycles. The molecule has 0 unspecified atom stereocenters. The molecule has 5 nitrogen and oxygen atoms in total. The maximum Gasteiger partial charge on any atom is 0.341 e. The van der Waals surface area contributed by atoms with Crippen LogP contribution in [0.2, 0.25) is 5.02 Å². The summed E-state index contributed by atoms with van der Waals surface area (Å²) in [5, 5.41) is 4.55. The van der Waals surface area contributed by atoms with Crippen molar-refractivity contribution in [2.75, 3.05) is 6.61 Å². The van der Waals surface area contributed by atoms with Gasteiger partial charge in [-0.15, -0.1) is 0 Å². The molecule has 2 N–H and O–H groups in total. The van der Waals surface area contributed by atoms with E-state index in [1.54, 1.807) is 0 Å². The first-order chi connectivity index (χ1) is 9.27. The van der Waals surface area contributed by atoms with Gasteiger partial charge in [0.15, 0.2) is 0 Å². The van der Waals surface area contributed by atoms with Crippen LogP contribution in [0.4, 0.5) is 4.39 Å². The van der Waals surface area contributed by atoms with Gasteiger partial charge in [0.25, 0.3) is 0 Å². The SMILES string of the molecule is CCCCCOC(=O)c1cc(S(N)(=O)=O)c(Cl)cc1F. The van der Waals surface area contributed by atoms with Gasteiger partial charge in [-0.3, -0.25) is 0 Å². The summed E-state index contributed by atoms with van der Waals surface area (Å²) < 4.78 is 41.0. The Morgan fingerprint density at radius 2 is 2.05 bits per heavy atom. The molecule has 0 aliphatic rings. The molecule has 0 amide bonds. The summed E-state index contributed by atoms with van der Waals surface area (Å²) in [6, 6.07) is 1.51. The molecule has 0 aliphatic heterocycles. The summed E-state index contributed by atoms with van der Waals surface area (Å²) >= 11 is 5.59. The number of nitrogens with two attached hydrogens (primary N) is 1. The standard InChI is InChI=1S/C12H15ClFNO4S/c1-2-3-4-5-19-12(16)8-6-11(20(15,17)18)9(13)7-10(8)14/h6-7H,2-5H2,1H3,(H2,15,17,18). The number of benzene rings is 1. The number of esters is 1. The average Bonchev–Trinajstić information content (AvgIpc) is 2.32. The molecule has 0 fully saturated rings. The molecule has 0 saturated heterocycles. The molecule has 0 spiro atoms. The van der Waals surface area contributed by atoms with E-state index in [0.717, 1.165) is 25.0 Å². The second-order valence-electron chi connectivity index (χ2n) is 4.15. The predicted molar refractivity (Wildman–Crippen MR) is 72.6 cm³/mol. The van der Waals surface area contributed by atoms with Crippen molar-refractivity contribution in [3.63, 3.8) is 0 Å². The molecule has 1 rings (SSSR count). The zero-order chi connectivity index (χ0) is 15.3. The number of sulfonamides is 1. The van der Waals surface area contributed by atoms with E-state index in [2.05, 4.69) is 0 Å². The van der Waals surface area contributed by atoms with Crippen molar-refractivity contribution in [3.05, 3.63) is 28.5 Å². The van der Waals surface area contributed by atoms with Crippen LogP contribution in [-0.2, 0) is 14.8 Å². The lowest BCUT2D eigenvalue weighted by Gasteiger charge is -2.08. The van der Waals surface area contributed by atoms with E-state index in [0.29, 0.717) is 6.42 Å². The highest BCUT2D eigenvalue weighted by Gasteiger charge is 2.21. The van der Waals surface area contributed by atoms with Gasteiger partial charge >= 0.3 is 5.97 Å². The van der Waals surface area contributed by atoms with E-state index >= 15 is 0 Å². The monoisotopic (exact) mass is 323 g/mol. The van der Waals surface area contributed by atoms with E-state index in [9.17, 15) is 17.6 Å². The van der Waals surface area contributed by atoms with Gasteiger partial charge in [-0.25, -0.2) is 22.7 Å². The molecule has 0 aliphatic carbocycles. The highest BCUT2D eigenvalue weighted by molar-refractivity contribution is 7.89. The first-order valence-corrected chi connectivity index (χ1v) is 7.88. The molecule has 0 bridgehead atoms. The molecule has 0 radical (unpaired) electrons. The molecule has 0 atom stereocenters. The lowest BCUT2D eigenvalue weighted by molar-refractivity contribution is 0.0492. The summed E-state index contributed by atoms with van der Waals surface area (Å²) in [5.74, 6) is -1.90. The van der Waals surface area contributed by atoms with Gasteiger partial charge in [0, 0.05) is 0 Å². The number of primary sulfonamides is 1. The number of hydrogen-bond donors (Lipinski definition) is 1. The van der Waals surface area contributed by atoms with Crippen LogP contribution < -0.4 is 5.14 Å². The van der Waals surface area contributed by atoms with Crippen LogP contribution in [0.25, 0.3) is 0 Å². The first kappa shape index (κ1) is 16.9. The molecule has 1 aromatic carbocycles. The third kappa shape index (κ3) is 4.43. The number of carbonyl (C=O) groups excluding carboxylic acids is 1. The summed E-state index contributed by atoms with van der Waals surface area (Å²) in [7, 11) is -4.14. The lowest BCUT2D eigenvalue weighted by Crippen LogP contribution is -2.16. The van der Waals surface area contributed by atoms with Crippen molar-refractivity contribution in [2.24, 2.45) is 5.14 Å². The number of carbonyl (C=O) groups is 1. The third-order valence-corrected chi connectivity index (χ3v) is 3.90. The summed E-state index contributed by atoms with van der Waals surface area (Å²) in [4.78, 5) is 11.2. The van der Waals surface area contributed by atoms with Crippen molar-refractivity contribution >= 4 is 27.6 Å². The molecular formula is C12H15ClFNO4S. The summed E-state index contributed by atoms with van der Waals surface area (Å²) in [6.07, 6.45) is 2.47. The number of rotatable bonds is 6. The van der Waals surface area contributed by atoms with Gasteiger partial charge in [-0.05, 0) is 18.6 Å². The average molecular weight is 324 g/mol. The molecular weight excluding hydrogens is 309 g/mol. The van der Waals surface area contributed by atoms with Crippen molar-refractivity contribution in [1.29, 1.82) is 0 Å². The van der Waals surface area contributed by atoms with Crippen LogP contribution in [0.1, 0.15) is 36.5 Å². The highest BCUT2D eigenvalue weighted by Crippen LogP contribution is 2.24. The fraction of sp³-hybridized carbons (Fsp3) is 0.417.